The van der Waals surface area contributed by atoms with Crippen LogP contribution in [0.1, 0.15) is 48.6 Å². The summed E-state index contributed by atoms with van der Waals surface area (Å²) >= 11 is 0. The second-order valence-electron chi connectivity index (χ2n) is 10.4. The number of ether oxygens (including phenoxy) is 2. The fraction of sp³-hybridized carbons (Fsp3) is 0.235. The van der Waals surface area contributed by atoms with Crippen LogP contribution in [-0.4, -0.2) is 34.1 Å². The molecule has 3 aromatic carbocycles. The van der Waals surface area contributed by atoms with Crippen LogP contribution in [0.4, 0.5) is 0 Å². The maximum absolute atomic E-state index is 10.8. The van der Waals surface area contributed by atoms with E-state index in [1.54, 1.807) is 23.0 Å². The zero-order valence-electron chi connectivity index (χ0n) is 23.3. The van der Waals surface area contributed by atoms with E-state index in [2.05, 4.69) is 80.2 Å². The third-order valence-electron chi connectivity index (χ3n) is 6.33. The van der Waals surface area contributed by atoms with Gasteiger partial charge in [0.05, 0.1) is 0 Å². The Kier molecular flexibility index (Phi) is 9.08. The number of aromatic nitrogens is 2. The van der Waals surface area contributed by atoms with Gasteiger partial charge in [-0.05, 0) is 82.6 Å². The summed E-state index contributed by atoms with van der Waals surface area (Å²) in [6, 6.07) is 24.1. The van der Waals surface area contributed by atoms with Crippen molar-refractivity contribution in [2.24, 2.45) is 0 Å². The molecule has 6 heteroatoms. The van der Waals surface area contributed by atoms with Crippen molar-refractivity contribution in [3.63, 3.8) is 0 Å². The first-order valence-corrected chi connectivity index (χ1v) is 13.1. The Morgan fingerprint density at radius 2 is 1.70 bits per heavy atom. The highest BCUT2D eigenvalue weighted by Crippen LogP contribution is 2.28. The van der Waals surface area contributed by atoms with Crippen LogP contribution in [0, 0.1) is 18.8 Å². The molecule has 0 atom stereocenters. The third kappa shape index (κ3) is 7.87. The quantitative estimate of drug-likeness (QED) is 0.248. The van der Waals surface area contributed by atoms with Crippen molar-refractivity contribution in [1.82, 2.24) is 9.78 Å². The fourth-order valence-electron chi connectivity index (χ4n) is 4.14. The average Bonchev–Trinajstić information content (AvgIpc) is 3.44. The molecule has 0 aliphatic heterocycles. The van der Waals surface area contributed by atoms with Crippen molar-refractivity contribution in [3.8, 4) is 23.3 Å². The van der Waals surface area contributed by atoms with Gasteiger partial charge in [-0.2, -0.15) is 5.10 Å². The van der Waals surface area contributed by atoms with E-state index in [4.69, 9.17) is 14.6 Å². The lowest BCUT2D eigenvalue weighted by molar-refractivity contribution is -0.139. The van der Waals surface area contributed by atoms with Gasteiger partial charge in [0.1, 0.15) is 24.7 Å². The van der Waals surface area contributed by atoms with Gasteiger partial charge in [-0.25, -0.2) is 4.79 Å². The number of aliphatic carboxylic acids is 1. The van der Waals surface area contributed by atoms with E-state index in [-0.39, 0.29) is 12.0 Å². The molecule has 0 amide bonds. The highest BCUT2D eigenvalue weighted by Gasteiger charge is 2.14. The van der Waals surface area contributed by atoms with Crippen LogP contribution in [0.5, 0.6) is 11.5 Å². The summed E-state index contributed by atoms with van der Waals surface area (Å²) < 4.78 is 13.2. The molecule has 4 rings (SSSR count). The molecule has 1 N–H and O–H groups in total. The Morgan fingerprint density at radius 3 is 2.30 bits per heavy atom. The molecule has 0 aliphatic rings. The van der Waals surface area contributed by atoms with Gasteiger partial charge in [0.25, 0.3) is 0 Å². The molecule has 40 heavy (non-hydrogen) atoms. The number of aryl methyl sites for hydroxylation is 1. The van der Waals surface area contributed by atoms with E-state index < -0.39 is 5.97 Å². The van der Waals surface area contributed by atoms with Crippen molar-refractivity contribution in [1.29, 1.82) is 0 Å². The first-order valence-electron chi connectivity index (χ1n) is 13.1. The summed E-state index contributed by atoms with van der Waals surface area (Å²) in [6.07, 6.45) is 5.72. The molecule has 204 valence electrons. The van der Waals surface area contributed by atoms with E-state index in [9.17, 15) is 4.79 Å². The third-order valence-corrected chi connectivity index (χ3v) is 6.33. The summed E-state index contributed by atoms with van der Waals surface area (Å²) in [4.78, 5) is 10.8. The number of carbonyl (C=O) groups is 1. The zero-order valence-corrected chi connectivity index (χ0v) is 23.3. The monoisotopic (exact) mass is 534 g/mol. The molecule has 0 spiro atoms. The van der Waals surface area contributed by atoms with Crippen molar-refractivity contribution < 1.29 is 19.4 Å². The van der Waals surface area contributed by atoms with Gasteiger partial charge < -0.3 is 14.6 Å². The number of rotatable bonds is 9. The van der Waals surface area contributed by atoms with Crippen LogP contribution in [0.2, 0.25) is 0 Å². The second kappa shape index (κ2) is 12.9. The minimum Gasteiger partial charge on any atom is -0.489 e. The molecule has 0 radical (unpaired) electrons. The molecular formula is C34H34N2O4. The highest BCUT2D eigenvalue weighted by atomic mass is 16.5. The normalized spacial score (nSPS) is 11.4. The van der Waals surface area contributed by atoms with Gasteiger partial charge in [0, 0.05) is 18.0 Å². The number of carboxylic acids is 1. The molecule has 6 nitrogen and oxygen atoms in total. The summed E-state index contributed by atoms with van der Waals surface area (Å²) in [7, 11) is 0. The summed E-state index contributed by atoms with van der Waals surface area (Å²) in [5.74, 6) is 6.56. The van der Waals surface area contributed by atoms with Crippen LogP contribution in [0.15, 0.2) is 91.3 Å². The first-order chi connectivity index (χ1) is 19.2. The lowest BCUT2D eigenvalue weighted by Crippen LogP contribution is -2.10. The van der Waals surface area contributed by atoms with E-state index in [1.807, 2.05) is 37.4 Å². The van der Waals surface area contributed by atoms with Gasteiger partial charge in [0.15, 0.2) is 6.61 Å². The minimum atomic E-state index is -1.01. The zero-order chi connectivity index (χ0) is 28.5. The van der Waals surface area contributed by atoms with Crippen molar-refractivity contribution in [3.05, 3.63) is 119 Å². The molecule has 0 saturated heterocycles. The van der Waals surface area contributed by atoms with Gasteiger partial charge in [-0.3, -0.25) is 4.68 Å². The number of hydrogen-bond donors (Lipinski definition) is 1. The lowest BCUT2D eigenvalue weighted by Gasteiger charge is -2.19. The Hall–Kier alpha value is -4.76. The van der Waals surface area contributed by atoms with Crippen LogP contribution < -0.4 is 9.47 Å². The molecule has 0 unspecified atom stereocenters. The van der Waals surface area contributed by atoms with Gasteiger partial charge in [-0.15, -0.1) is 0 Å². The topological polar surface area (TPSA) is 73.6 Å². The SMILES string of the molecule is Cc1cc(OC/C=C(\c2ccc(C#CCn3cccn3)cc2)c2ccc(C(C)(C)C)cc2)ccc1OCC(=O)O. The molecule has 1 aromatic heterocycles. The predicted octanol–water partition coefficient (Wildman–Crippen LogP) is 6.51. The Labute approximate surface area is 235 Å². The molecule has 0 saturated carbocycles. The second-order valence-corrected chi connectivity index (χ2v) is 10.4. The van der Waals surface area contributed by atoms with E-state index in [0.717, 1.165) is 27.8 Å². The Bertz CT molecular complexity index is 1520. The first kappa shape index (κ1) is 28.3. The predicted molar refractivity (Wildman–Crippen MR) is 158 cm³/mol. The summed E-state index contributed by atoms with van der Waals surface area (Å²) in [6.45, 7) is 9.01. The summed E-state index contributed by atoms with van der Waals surface area (Å²) in [5.41, 5.74) is 6.33. The number of nitrogens with zero attached hydrogens (tertiary/aromatic N) is 2. The van der Waals surface area contributed by atoms with E-state index in [0.29, 0.717) is 24.7 Å². The average molecular weight is 535 g/mol. The Balaban J connectivity index is 1.54. The van der Waals surface area contributed by atoms with Crippen LogP contribution in [0.25, 0.3) is 5.57 Å². The fourth-order valence-corrected chi connectivity index (χ4v) is 4.14. The van der Waals surface area contributed by atoms with E-state index >= 15 is 0 Å². The van der Waals surface area contributed by atoms with Crippen LogP contribution >= 0.6 is 0 Å². The minimum absolute atomic E-state index is 0.0697. The van der Waals surface area contributed by atoms with Crippen molar-refractivity contribution >= 4 is 11.5 Å². The molecule has 1 heterocycles. The maximum atomic E-state index is 10.8. The molecular weight excluding hydrogens is 500 g/mol. The van der Waals surface area contributed by atoms with Crippen LogP contribution in [-0.2, 0) is 16.8 Å². The standard InChI is InChI=1S/C34H34N2O4/c1-25-23-30(16-17-32(25)40-24-33(37)38)39-22-18-31(28-12-14-29(15-13-28)34(2,3)4)27-10-8-26(9-11-27)7-5-20-36-21-6-19-35-36/h6,8-19,21,23H,20,22,24H2,1-4H3,(H,37,38)/b31-18+. The number of carboxylic acid groups (broad SMARTS) is 1. The smallest absolute Gasteiger partial charge is 0.341 e. The Morgan fingerprint density at radius 1 is 1.00 bits per heavy atom. The van der Waals surface area contributed by atoms with E-state index in [1.165, 1.54) is 5.56 Å². The van der Waals surface area contributed by atoms with Gasteiger partial charge >= 0.3 is 5.97 Å². The van der Waals surface area contributed by atoms with Crippen molar-refractivity contribution in [2.45, 2.75) is 39.7 Å². The summed E-state index contributed by atoms with van der Waals surface area (Å²) in [5, 5.41) is 13.0. The number of hydrogen-bond acceptors (Lipinski definition) is 4. The molecule has 0 aliphatic carbocycles. The van der Waals surface area contributed by atoms with Gasteiger partial charge in [0.2, 0.25) is 0 Å². The lowest BCUT2D eigenvalue weighted by atomic mass is 9.85. The molecule has 0 fully saturated rings. The maximum Gasteiger partial charge on any atom is 0.341 e. The molecule has 0 bridgehead atoms. The largest absolute Gasteiger partial charge is 0.489 e. The van der Waals surface area contributed by atoms with Crippen LogP contribution in [0.3, 0.4) is 0 Å². The highest BCUT2D eigenvalue weighted by molar-refractivity contribution is 5.80. The number of benzene rings is 3. The van der Waals surface area contributed by atoms with Gasteiger partial charge in [-0.1, -0.05) is 69.0 Å². The molecule has 4 aromatic rings. The van der Waals surface area contributed by atoms with Crippen molar-refractivity contribution in [2.75, 3.05) is 13.2 Å².